The van der Waals surface area contributed by atoms with E-state index in [0.717, 1.165) is 107 Å². The van der Waals surface area contributed by atoms with Gasteiger partial charge in [-0.25, -0.2) is 0 Å². The molecule has 0 aliphatic heterocycles. The molecule has 0 atom stereocenters. The molecule has 0 amide bonds. The molecule has 3 N–H and O–H groups in total. The van der Waals surface area contributed by atoms with Gasteiger partial charge in [-0.05, 0) is 158 Å². The highest BCUT2D eigenvalue weighted by Crippen LogP contribution is 2.47. The van der Waals surface area contributed by atoms with Crippen LogP contribution in [0.1, 0.15) is 0 Å². The fraction of sp³-hybridized carbons (Fsp3) is 0. The standard InChI is InChI=1S/C38H29N3O.C32H23ClN2O.C6H7N/c1-5-15-29(16-6-1)39-30-25-34(40(31-17-7-2-8-18-31)32-19-9-3-10-20-32)27-35(26-30)41(33-21-11-4-12-22-33)37-28-42-38-24-14-13-23-36(37)38;33-24-20-28(34(25-12-4-1-5-13-25)26-14-6-2-7-15-26)22-29(21-24)35(27-16-8-3-9-17-27)31-23-36-32-19-11-10-18-30(31)32;7-6-4-2-1-3-5-6/h1-28,39H;1-23H;1-5H,7H2. The molecular weight excluding hydrogens is 1060 g/mol. The molecular formula is C76H59ClN6O2. The van der Waals surface area contributed by atoms with E-state index in [1.54, 1.807) is 0 Å². The number of hydrogen-bond donors (Lipinski definition) is 2. The van der Waals surface area contributed by atoms with Crippen molar-refractivity contribution in [2.75, 3.05) is 30.7 Å². The lowest BCUT2D eigenvalue weighted by atomic mass is 10.1. The zero-order chi connectivity index (χ0) is 57.6. The molecule has 9 heteroatoms. The molecule has 0 aliphatic rings. The minimum absolute atomic E-state index is 0.646. The van der Waals surface area contributed by atoms with Gasteiger partial charge in [0.15, 0.2) is 0 Å². The molecule has 412 valence electrons. The summed E-state index contributed by atoms with van der Waals surface area (Å²) in [7, 11) is 0. The second kappa shape index (κ2) is 26.2. The molecule has 12 aromatic carbocycles. The first kappa shape index (κ1) is 54.4. The van der Waals surface area contributed by atoms with E-state index in [9.17, 15) is 0 Å². The van der Waals surface area contributed by atoms with Crippen molar-refractivity contribution in [3.8, 4) is 0 Å². The second-order valence-corrected chi connectivity index (χ2v) is 20.3. The third-order valence-electron chi connectivity index (χ3n) is 14.2. The third-order valence-corrected chi connectivity index (χ3v) is 14.4. The van der Waals surface area contributed by atoms with Gasteiger partial charge in [0.1, 0.15) is 23.7 Å². The fourth-order valence-corrected chi connectivity index (χ4v) is 10.6. The lowest BCUT2D eigenvalue weighted by Crippen LogP contribution is -2.13. The number of para-hydroxylation sites is 10. The number of nitrogens with one attached hydrogen (secondary N) is 1. The van der Waals surface area contributed by atoms with E-state index >= 15 is 0 Å². The summed E-state index contributed by atoms with van der Waals surface area (Å²) >= 11 is 6.80. The highest BCUT2D eigenvalue weighted by molar-refractivity contribution is 6.31. The van der Waals surface area contributed by atoms with Crippen LogP contribution in [-0.2, 0) is 0 Å². The molecule has 2 heterocycles. The molecule has 85 heavy (non-hydrogen) atoms. The van der Waals surface area contributed by atoms with Gasteiger partial charge in [-0.3, -0.25) is 0 Å². The molecule has 2 aromatic heterocycles. The number of benzene rings is 12. The van der Waals surface area contributed by atoms with Crippen LogP contribution in [0.15, 0.2) is 349 Å². The minimum Gasteiger partial charge on any atom is -0.462 e. The van der Waals surface area contributed by atoms with Crippen molar-refractivity contribution in [3.05, 3.63) is 345 Å². The first-order valence-electron chi connectivity index (χ1n) is 28.0. The normalized spacial score (nSPS) is 10.7. The van der Waals surface area contributed by atoms with E-state index in [1.165, 1.54) is 0 Å². The molecule has 8 nitrogen and oxygen atoms in total. The molecule has 14 aromatic rings. The number of rotatable bonds is 14. The summed E-state index contributed by atoms with van der Waals surface area (Å²) < 4.78 is 12.0. The Balaban J connectivity index is 0.000000151. The van der Waals surface area contributed by atoms with Crippen molar-refractivity contribution in [2.24, 2.45) is 0 Å². The third kappa shape index (κ3) is 12.8. The molecule has 0 saturated carbocycles. The van der Waals surface area contributed by atoms with Gasteiger partial charge in [0.25, 0.3) is 0 Å². The van der Waals surface area contributed by atoms with Crippen molar-refractivity contribution in [3.63, 3.8) is 0 Å². The van der Waals surface area contributed by atoms with Crippen molar-refractivity contribution < 1.29 is 8.83 Å². The number of halogens is 1. The van der Waals surface area contributed by atoms with E-state index in [-0.39, 0.29) is 0 Å². The maximum atomic E-state index is 6.80. The van der Waals surface area contributed by atoms with E-state index in [4.69, 9.17) is 26.2 Å². The molecule has 0 radical (unpaired) electrons. The Morgan fingerprint density at radius 1 is 0.271 bits per heavy atom. The average molecular weight is 1120 g/mol. The van der Waals surface area contributed by atoms with E-state index < -0.39 is 0 Å². The van der Waals surface area contributed by atoms with Gasteiger partial charge < -0.3 is 39.5 Å². The van der Waals surface area contributed by atoms with Gasteiger partial charge in [-0.2, -0.15) is 0 Å². The van der Waals surface area contributed by atoms with Gasteiger partial charge in [0.05, 0.1) is 22.7 Å². The maximum absolute atomic E-state index is 6.80. The number of nitrogens with zero attached hydrogens (tertiary/aromatic N) is 4. The number of nitrogens with two attached hydrogens (primary N) is 1. The Labute approximate surface area is 500 Å². The lowest BCUT2D eigenvalue weighted by molar-refractivity contribution is 0.616. The van der Waals surface area contributed by atoms with Crippen LogP contribution in [0.3, 0.4) is 0 Å². The predicted molar refractivity (Wildman–Crippen MR) is 357 cm³/mol. The van der Waals surface area contributed by atoms with Crippen LogP contribution in [0.2, 0.25) is 5.02 Å². The van der Waals surface area contributed by atoms with Crippen LogP contribution in [0.5, 0.6) is 0 Å². The number of hydrogen-bond acceptors (Lipinski definition) is 8. The Morgan fingerprint density at radius 3 is 0.906 bits per heavy atom. The summed E-state index contributed by atoms with van der Waals surface area (Å²) in [6.07, 6.45) is 3.66. The maximum Gasteiger partial charge on any atom is 0.136 e. The second-order valence-electron chi connectivity index (χ2n) is 19.9. The Hall–Kier alpha value is -11.2. The van der Waals surface area contributed by atoms with Crippen LogP contribution in [0.25, 0.3) is 21.9 Å². The summed E-state index contributed by atoms with van der Waals surface area (Å²) in [4.78, 5) is 8.96. The van der Waals surface area contributed by atoms with Gasteiger partial charge >= 0.3 is 0 Å². The van der Waals surface area contributed by atoms with Crippen LogP contribution in [0.4, 0.5) is 85.3 Å². The molecule has 0 saturated heterocycles. The number of fused-ring (bicyclic) bond motifs is 2. The monoisotopic (exact) mass is 1120 g/mol. The fourth-order valence-electron chi connectivity index (χ4n) is 10.4. The highest BCUT2D eigenvalue weighted by Gasteiger charge is 2.23. The number of furan rings is 2. The zero-order valence-corrected chi connectivity index (χ0v) is 47.1. The van der Waals surface area contributed by atoms with Crippen LogP contribution >= 0.6 is 11.6 Å². The summed E-state index contributed by atoms with van der Waals surface area (Å²) in [5, 5.41) is 6.38. The van der Waals surface area contributed by atoms with Crippen molar-refractivity contribution in [1.29, 1.82) is 0 Å². The molecule has 0 bridgehead atoms. The zero-order valence-electron chi connectivity index (χ0n) is 46.4. The summed E-state index contributed by atoms with van der Waals surface area (Å²) in [6, 6.07) is 111. The van der Waals surface area contributed by atoms with Gasteiger partial charge in [0.2, 0.25) is 0 Å². The summed E-state index contributed by atoms with van der Waals surface area (Å²) in [5.74, 6) is 0. The van der Waals surface area contributed by atoms with Gasteiger partial charge in [0, 0.05) is 78.4 Å². The van der Waals surface area contributed by atoms with Crippen LogP contribution in [0, 0.1) is 0 Å². The summed E-state index contributed by atoms with van der Waals surface area (Å²) in [6.45, 7) is 0. The average Bonchev–Trinajstić information content (AvgIpc) is 3.62. The molecule has 0 spiro atoms. The van der Waals surface area contributed by atoms with Crippen LogP contribution in [-0.4, -0.2) is 0 Å². The smallest absolute Gasteiger partial charge is 0.136 e. The Bertz CT molecular complexity index is 4290. The predicted octanol–water partition coefficient (Wildman–Crippen LogP) is 22.4. The first-order valence-corrected chi connectivity index (χ1v) is 28.4. The molecule has 14 rings (SSSR count). The van der Waals surface area contributed by atoms with Crippen molar-refractivity contribution in [1.82, 2.24) is 0 Å². The van der Waals surface area contributed by atoms with Crippen molar-refractivity contribution >= 4 is 119 Å². The molecule has 0 unspecified atom stereocenters. The highest BCUT2D eigenvalue weighted by atomic mass is 35.5. The number of nitrogen functional groups attached to an aromatic ring is 1. The Morgan fingerprint density at radius 2 is 0.553 bits per heavy atom. The first-order chi connectivity index (χ1) is 42.0. The van der Waals surface area contributed by atoms with E-state index in [2.05, 4.69) is 189 Å². The van der Waals surface area contributed by atoms with Gasteiger partial charge in [-0.1, -0.05) is 181 Å². The number of anilines is 15. The van der Waals surface area contributed by atoms with Gasteiger partial charge in [-0.15, -0.1) is 0 Å². The minimum atomic E-state index is 0.646. The lowest BCUT2D eigenvalue weighted by Gasteiger charge is -2.30. The quantitative estimate of drug-likeness (QED) is 0.104. The van der Waals surface area contributed by atoms with E-state index in [1.807, 2.05) is 176 Å². The van der Waals surface area contributed by atoms with E-state index in [0.29, 0.717) is 5.02 Å². The molecule has 0 fully saturated rings. The Kier molecular flexibility index (Phi) is 16.7. The van der Waals surface area contributed by atoms with Crippen molar-refractivity contribution in [2.45, 2.75) is 0 Å². The van der Waals surface area contributed by atoms with Crippen LogP contribution < -0.4 is 30.7 Å². The SMILES string of the molecule is Clc1cc(N(c2ccccc2)c2ccccc2)cc(N(c2ccccc2)c2coc3ccccc23)c1.Nc1ccccc1.c1ccc(Nc2cc(N(c3ccccc3)c3ccccc3)cc(N(c3ccccc3)c3coc4ccccc34)c2)cc1. The topological polar surface area (TPSA) is 77.3 Å². The summed E-state index contributed by atoms with van der Waals surface area (Å²) in [5.41, 5.74) is 22.0. The largest absolute Gasteiger partial charge is 0.462 e. The molecule has 0 aliphatic carbocycles.